The molecule has 0 saturated carbocycles. The van der Waals surface area contributed by atoms with Gasteiger partial charge in [0.1, 0.15) is 11.5 Å². The Labute approximate surface area is 198 Å². The maximum Gasteiger partial charge on any atom is 0.327 e. The second-order valence-corrected chi connectivity index (χ2v) is 8.99. The zero-order valence-corrected chi connectivity index (χ0v) is 18.8. The molecule has 35 heavy (non-hydrogen) atoms. The molecule has 0 unspecified atom stereocenters. The van der Waals surface area contributed by atoms with Gasteiger partial charge in [-0.25, -0.2) is 14.2 Å². The number of piperidine rings is 1. The number of hydrogen-bond donors (Lipinski definition) is 2. The van der Waals surface area contributed by atoms with Gasteiger partial charge in [-0.15, -0.1) is 0 Å². The molecule has 0 radical (unpaired) electrons. The Bertz CT molecular complexity index is 1560. The summed E-state index contributed by atoms with van der Waals surface area (Å²) in [5.74, 6) is -0.648. The van der Waals surface area contributed by atoms with E-state index in [0.29, 0.717) is 55.9 Å². The molecule has 0 atom stereocenters. The SMILES string of the molecule is O=C(c1cc(N2CCC(n3c(=O)[nH]c4ncccc43)CC2)cc(=O)[nH]1)N1CCc2cc(F)ccc21. The number of fused-ring (bicyclic) bond motifs is 2. The standard InChI is InChI=1S/C25H23FN6O3/c26-16-3-4-20-15(12-16)5-11-31(20)24(34)19-13-18(14-22(33)28-19)30-9-6-17(7-10-30)32-21-2-1-8-27-23(21)29-25(32)35/h1-4,8,12-14,17H,5-7,9-11H2,(H,28,33)(H,27,29,35). The summed E-state index contributed by atoms with van der Waals surface area (Å²) in [6.07, 6.45) is 3.64. The highest BCUT2D eigenvalue weighted by Crippen LogP contribution is 2.31. The van der Waals surface area contributed by atoms with Gasteiger partial charge in [0.25, 0.3) is 11.5 Å². The van der Waals surface area contributed by atoms with Gasteiger partial charge in [-0.1, -0.05) is 0 Å². The molecule has 178 valence electrons. The van der Waals surface area contributed by atoms with Gasteiger partial charge in [0, 0.05) is 49.3 Å². The number of imidazole rings is 1. The second kappa shape index (κ2) is 8.23. The largest absolute Gasteiger partial charge is 0.371 e. The first-order valence-corrected chi connectivity index (χ1v) is 11.6. The Morgan fingerprint density at radius 2 is 1.86 bits per heavy atom. The molecule has 9 nitrogen and oxygen atoms in total. The van der Waals surface area contributed by atoms with E-state index in [1.807, 2.05) is 12.1 Å². The Morgan fingerprint density at radius 3 is 2.69 bits per heavy atom. The van der Waals surface area contributed by atoms with Crippen molar-refractivity contribution in [2.45, 2.75) is 25.3 Å². The monoisotopic (exact) mass is 474 g/mol. The summed E-state index contributed by atoms with van der Waals surface area (Å²) in [5, 5.41) is 0. The summed E-state index contributed by atoms with van der Waals surface area (Å²) in [5.41, 5.74) is 3.14. The topological polar surface area (TPSA) is 107 Å². The minimum atomic E-state index is -0.356. The molecule has 1 amide bonds. The third-order valence-corrected chi connectivity index (χ3v) is 6.93. The molecule has 0 bridgehead atoms. The predicted molar refractivity (Wildman–Crippen MR) is 130 cm³/mol. The number of nitrogens with zero attached hydrogens (tertiary/aromatic N) is 4. The van der Waals surface area contributed by atoms with Crippen LogP contribution in [0.2, 0.25) is 0 Å². The smallest absolute Gasteiger partial charge is 0.327 e. The van der Waals surface area contributed by atoms with Crippen molar-refractivity contribution in [3.05, 3.63) is 86.6 Å². The van der Waals surface area contributed by atoms with Gasteiger partial charge in [0.15, 0.2) is 5.65 Å². The van der Waals surface area contributed by atoms with Crippen LogP contribution >= 0.6 is 0 Å². The number of pyridine rings is 2. The molecule has 4 aromatic rings. The normalized spacial score (nSPS) is 16.1. The molecule has 5 heterocycles. The number of aromatic nitrogens is 4. The number of carbonyl (C=O) groups excluding carboxylic acids is 1. The summed E-state index contributed by atoms with van der Waals surface area (Å²) in [6, 6.07) is 11.3. The quantitative estimate of drug-likeness (QED) is 0.475. The molecule has 1 fully saturated rings. The van der Waals surface area contributed by atoms with Crippen molar-refractivity contribution in [2.24, 2.45) is 0 Å². The van der Waals surface area contributed by atoms with Crippen LogP contribution in [-0.2, 0) is 6.42 Å². The van der Waals surface area contributed by atoms with Crippen LogP contribution in [0.3, 0.4) is 0 Å². The minimum absolute atomic E-state index is 0.0151. The fourth-order valence-corrected chi connectivity index (χ4v) is 5.26. The van der Waals surface area contributed by atoms with Gasteiger partial charge in [0.05, 0.1) is 5.52 Å². The second-order valence-electron chi connectivity index (χ2n) is 8.99. The third-order valence-electron chi connectivity index (χ3n) is 6.93. The molecule has 2 N–H and O–H groups in total. The van der Waals surface area contributed by atoms with E-state index in [9.17, 15) is 18.8 Å². The summed E-state index contributed by atoms with van der Waals surface area (Å²) in [4.78, 5) is 51.6. The van der Waals surface area contributed by atoms with Crippen LogP contribution in [0.15, 0.2) is 58.3 Å². The van der Waals surface area contributed by atoms with Crippen LogP contribution < -0.4 is 21.0 Å². The van der Waals surface area contributed by atoms with Crippen molar-refractivity contribution in [2.75, 3.05) is 29.4 Å². The van der Waals surface area contributed by atoms with Gasteiger partial charge < -0.3 is 14.8 Å². The van der Waals surface area contributed by atoms with Crippen molar-refractivity contribution < 1.29 is 9.18 Å². The van der Waals surface area contributed by atoms with Gasteiger partial charge in [0.2, 0.25) is 0 Å². The molecule has 10 heteroatoms. The van der Waals surface area contributed by atoms with Crippen molar-refractivity contribution >= 4 is 28.4 Å². The lowest BCUT2D eigenvalue weighted by molar-refractivity contribution is 0.0984. The van der Waals surface area contributed by atoms with Crippen LogP contribution in [0.1, 0.15) is 34.9 Å². The van der Waals surface area contributed by atoms with Gasteiger partial charge in [-0.3, -0.25) is 19.1 Å². The van der Waals surface area contributed by atoms with Gasteiger partial charge in [-0.2, -0.15) is 0 Å². The predicted octanol–water partition coefficient (Wildman–Crippen LogP) is 2.60. The van der Waals surface area contributed by atoms with E-state index in [2.05, 4.69) is 19.9 Å². The van der Waals surface area contributed by atoms with Crippen molar-refractivity contribution in [1.82, 2.24) is 19.5 Å². The Balaban J connectivity index is 1.23. The lowest BCUT2D eigenvalue weighted by Gasteiger charge is -2.34. The number of nitrogens with one attached hydrogen (secondary N) is 2. The van der Waals surface area contributed by atoms with E-state index in [1.165, 1.54) is 18.2 Å². The first kappa shape index (κ1) is 21.3. The van der Waals surface area contributed by atoms with E-state index in [-0.39, 0.29) is 34.7 Å². The van der Waals surface area contributed by atoms with Gasteiger partial charge in [-0.05, 0) is 61.2 Å². The zero-order chi connectivity index (χ0) is 24.1. The Hall–Kier alpha value is -4.21. The number of hydrogen-bond acceptors (Lipinski definition) is 5. The molecule has 3 aromatic heterocycles. The number of benzene rings is 1. The van der Waals surface area contributed by atoms with Crippen molar-refractivity contribution in [3.8, 4) is 0 Å². The maximum atomic E-state index is 13.6. The summed E-state index contributed by atoms with van der Waals surface area (Å²) in [7, 11) is 0. The molecule has 2 aliphatic rings. The van der Waals surface area contributed by atoms with E-state index in [4.69, 9.17) is 0 Å². The van der Waals surface area contributed by atoms with E-state index in [1.54, 1.807) is 27.8 Å². The molecule has 0 aliphatic carbocycles. The highest BCUT2D eigenvalue weighted by molar-refractivity contribution is 6.06. The molecule has 0 spiro atoms. The number of anilines is 2. The number of halogens is 1. The first-order chi connectivity index (χ1) is 17.0. The lowest BCUT2D eigenvalue weighted by Crippen LogP contribution is -2.38. The fourth-order valence-electron chi connectivity index (χ4n) is 5.26. The van der Waals surface area contributed by atoms with Gasteiger partial charge >= 0.3 is 5.69 Å². The van der Waals surface area contributed by atoms with E-state index >= 15 is 0 Å². The molecule has 2 aliphatic heterocycles. The van der Waals surface area contributed by atoms with Crippen molar-refractivity contribution in [3.63, 3.8) is 0 Å². The third kappa shape index (κ3) is 3.71. The number of amides is 1. The van der Waals surface area contributed by atoms with Crippen molar-refractivity contribution in [1.29, 1.82) is 0 Å². The molecule has 1 aromatic carbocycles. The van der Waals surface area contributed by atoms with Crippen LogP contribution in [0.4, 0.5) is 15.8 Å². The number of rotatable bonds is 3. The number of aromatic amines is 2. The number of H-pyrrole nitrogens is 2. The minimum Gasteiger partial charge on any atom is -0.371 e. The van der Waals surface area contributed by atoms with E-state index in [0.717, 1.165) is 11.1 Å². The highest BCUT2D eigenvalue weighted by atomic mass is 19.1. The maximum absolute atomic E-state index is 13.6. The summed E-state index contributed by atoms with van der Waals surface area (Å²) in [6.45, 7) is 1.70. The molecular formula is C25H23FN6O3. The molecule has 1 saturated heterocycles. The summed E-state index contributed by atoms with van der Waals surface area (Å²) < 4.78 is 15.3. The summed E-state index contributed by atoms with van der Waals surface area (Å²) >= 11 is 0. The van der Waals surface area contributed by atoms with Crippen LogP contribution in [0.5, 0.6) is 0 Å². The van der Waals surface area contributed by atoms with Crippen LogP contribution in [0, 0.1) is 5.82 Å². The molecule has 6 rings (SSSR count). The number of carbonyl (C=O) groups is 1. The Morgan fingerprint density at radius 1 is 1.03 bits per heavy atom. The average Bonchev–Trinajstić information content (AvgIpc) is 3.43. The highest BCUT2D eigenvalue weighted by Gasteiger charge is 2.28. The average molecular weight is 474 g/mol. The van der Waals surface area contributed by atoms with Crippen LogP contribution in [-0.4, -0.2) is 45.1 Å². The lowest BCUT2D eigenvalue weighted by atomic mass is 10.0. The van der Waals surface area contributed by atoms with E-state index < -0.39 is 0 Å². The zero-order valence-electron chi connectivity index (χ0n) is 18.8. The van der Waals surface area contributed by atoms with Crippen LogP contribution in [0.25, 0.3) is 11.2 Å². The fraction of sp³-hybridized carbons (Fsp3) is 0.280. The Kier molecular flexibility index (Phi) is 5.01. The molecular weight excluding hydrogens is 451 g/mol. The first-order valence-electron chi connectivity index (χ1n) is 11.6.